The second kappa shape index (κ2) is 6.36. The standard InChI is InChI=1S/C23H22F2N2O/c1-14(2)28-20-11-12-26-19-10-9-15(13-17(19)20)21-16-7-5-6-8-18(16)23(24,25)22(3,4)27-21/h5-14H,1-4H3. The van der Waals surface area contributed by atoms with Gasteiger partial charge in [-0.2, -0.15) is 8.78 Å². The summed E-state index contributed by atoms with van der Waals surface area (Å²) >= 11 is 0. The van der Waals surface area contributed by atoms with E-state index in [1.165, 1.54) is 19.9 Å². The molecule has 1 aliphatic rings. The zero-order valence-corrected chi connectivity index (χ0v) is 16.3. The van der Waals surface area contributed by atoms with E-state index >= 15 is 0 Å². The normalized spacial score (nSPS) is 17.3. The van der Waals surface area contributed by atoms with Gasteiger partial charge in [0.2, 0.25) is 0 Å². The van der Waals surface area contributed by atoms with Crippen LogP contribution in [-0.4, -0.2) is 22.3 Å². The molecular weight excluding hydrogens is 358 g/mol. The van der Waals surface area contributed by atoms with Crippen LogP contribution >= 0.6 is 0 Å². The third-order valence-corrected chi connectivity index (χ3v) is 5.02. The van der Waals surface area contributed by atoms with Gasteiger partial charge in [-0.3, -0.25) is 9.98 Å². The summed E-state index contributed by atoms with van der Waals surface area (Å²) in [6.07, 6.45) is 1.72. The smallest absolute Gasteiger partial charge is 0.297 e. The average molecular weight is 380 g/mol. The summed E-state index contributed by atoms with van der Waals surface area (Å²) in [5.74, 6) is -2.33. The summed E-state index contributed by atoms with van der Waals surface area (Å²) < 4.78 is 35.9. The van der Waals surface area contributed by atoms with Crippen LogP contribution in [0.3, 0.4) is 0 Å². The summed E-state index contributed by atoms with van der Waals surface area (Å²) in [6, 6.07) is 14.1. The van der Waals surface area contributed by atoms with Gasteiger partial charge in [0.05, 0.1) is 17.3 Å². The Morgan fingerprint density at radius 2 is 1.75 bits per heavy atom. The minimum Gasteiger partial charge on any atom is -0.490 e. The van der Waals surface area contributed by atoms with Crippen molar-refractivity contribution < 1.29 is 13.5 Å². The highest BCUT2D eigenvalue weighted by molar-refractivity contribution is 6.16. The van der Waals surface area contributed by atoms with Gasteiger partial charge in [-0.1, -0.05) is 30.3 Å². The van der Waals surface area contributed by atoms with Crippen LogP contribution in [0.25, 0.3) is 10.9 Å². The number of hydrogen-bond acceptors (Lipinski definition) is 3. The number of ether oxygens (including phenoxy) is 1. The van der Waals surface area contributed by atoms with Crippen molar-refractivity contribution in [2.75, 3.05) is 0 Å². The molecule has 28 heavy (non-hydrogen) atoms. The van der Waals surface area contributed by atoms with Gasteiger partial charge in [-0.05, 0) is 45.9 Å². The molecule has 0 atom stereocenters. The SMILES string of the molecule is CC(C)Oc1ccnc2ccc(C3=NC(C)(C)C(F)(F)c4ccccc43)cc12. The van der Waals surface area contributed by atoms with Crippen LogP contribution in [0.4, 0.5) is 8.78 Å². The Morgan fingerprint density at radius 1 is 1.00 bits per heavy atom. The maximum absolute atomic E-state index is 15.0. The van der Waals surface area contributed by atoms with Crippen molar-refractivity contribution in [3.8, 4) is 5.75 Å². The number of alkyl halides is 2. The van der Waals surface area contributed by atoms with E-state index in [0.29, 0.717) is 11.3 Å². The summed E-state index contributed by atoms with van der Waals surface area (Å²) in [7, 11) is 0. The van der Waals surface area contributed by atoms with Crippen LogP contribution in [-0.2, 0) is 5.92 Å². The highest BCUT2D eigenvalue weighted by Crippen LogP contribution is 2.46. The first-order valence-corrected chi connectivity index (χ1v) is 9.34. The van der Waals surface area contributed by atoms with Crippen molar-refractivity contribution in [2.45, 2.75) is 45.3 Å². The molecule has 0 saturated heterocycles. The number of hydrogen-bond donors (Lipinski definition) is 0. The van der Waals surface area contributed by atoms with Crippen molar-refractivity contribution >= 4 is 16.6 Å². The van der Waals surface area contributed by atoms with Crippen molar-refractivity contribution in [2.24, 2.45) is 4.99 Å². The molecule has 0 amide bonds. The van der Waals surface area contributed by atoms with Gasteiger partial charge in [-0.15, -0.1) is 0 Å². The highest BCUT2D eigenvalue weighted by atomic mass is 19.3. The largest absolute Gasteiger partial charge is 0.490 e. The Bertz CT molecular complexity index is 1090. The van der Waals surface area contributed by atoms with E-state index in [2.05, 4.69) is 9.98 Å². The number of fused-ring (bicyclic) bond motifs is 2. The van der Waals surface area contributed by atoms with E-state index in [-0.39, 0.29) is 11.7 Å². The Balaban J connectivity index is 1.94. The molecule has 3 aromatic rings. The molecule has 1 aromatic heterocycles. The van der Waals surface area contributed by atoms with Crippen molar-refractivity contribution in [1.82, 2.24) is 4.98 Å². The topological polar surface area (TPSA) is 34.5 Å². The maximum Gasteiger partial charge on any atom is 0.297 e. The predicted octanol–water partition coefficient (Wildman–Crippen LogP) is 5.74. The molecule has 3 nitrogen and oxygen atoms in total. The van der Waals surface area contributed by atoms with E-state index in [0.717, 1.165) is 22.2 Å². The van der Waals surface area contributed by atoms with Crippen LogP contribution in [0.1, 0.15) is 44.4 Å². The number of aromatic nitrogens is 1. The van der Waals surface area contributed by atoms with Gasteiger partial charge in [-0.25, -0.2) is 0 Å². The lowest BCUT2D eigenvalue weighted by Crippen LogP contribution is -2.44. The first-order valence-electron chi connectivity index (χ1n) is 9.34. The molecule has 0 fully saturated rings. The van der Waals surface area contributed by atoms with Gasteiger partial charge in [0, 0.05) is 28.3 Å². The summed E-state index contributed by atoms with van der Waals surface area (Å²) in [5, 5.41) is 0.837. The van der Waals surface area contributed by atoms with Gasteiger partial charge in [0.1, 0.15) is 11.3 Å². The minimum absolute atomic E-state index is 0.00920. The van der Waals surface area contributed by atoms with Crippen molar-refractivity contribution in [3.63, 3.8) is 0 Å². The molecule has 2 heterocycles. The fourth-order valence-electron chi connectivity index (χ4n) is 3.55. The Kier molecular flexibility index (Phi) is 4.21. The molecule has 0 N–H and O–H groups in total. The average Bonchev–Trinajstić information content (AvgIpc) is 2.65. The molecule has 0 aliphatic carbocycles. The van der Waals surface area contributed by atoms with E-state index < -0.39 is 11.5 Å². The molecular formula is C23H22F2N2O. The fourth-order valence-corrected chi connectivity index (χ4v) is 3.55. The summed E-state index contributed by atoms with van der Waals surface area (Å²) in [4.78, 5) is 8.87. The minimum atomic E-state index is -3.04. The maximum atomic E-state index is 15.0. The summed E-state index contributed by atoms with van der Waals surface area (Å²) in [5.41, 5.74) is 1.04. The van der Waals surface area contributed by atoms with E-state index in [4.69, 9.17) is 4.74 Å². The third-order valence-electron chi connectivity index (χ3n) is 5.02. The lowest BCUT2D eigenvalue weighted by molar-refractivity contribution is -0.0681. The molecule has 4 rings (SSSR count). The van der Waals surface area contributed by atoms with Crippen molar-refractivity contribution in [1.29, 1.82) is 0 Å². The van der Waals surface area contributed by atoms with Gasteiger partial charge in [0.15, 0.2) is 0 Å². The Hall–Kier alpha value is -2.82. The number of pyridine rings is 1. The summed E-state index contributed by atoms with van der Waals surface area (Å²) in [6.45, 7) is 6.86. The Morgan fingerprint density at radius 3 is 2.50 bits per heavy atom. The van der Waals surface area contributed by atoms with Crippen molar-refractivity contribution in [3.05, 3.63) is 71.4 Å². The first-order chi connectivity index (χ1) is 13.2. The predicted molar refractivity (Wildman–Crippen MR) is 108 cm³/mol. The molecule has 0 unspecified atom stereocenters. The van der Waals surface area contributed by atoms with Crippen LogP contribution in [0, 0.1) is 0 Å². The number of halogens is 2. The number of benzene rings is 2. The van der Waals surface area contributed by atoms with Crippen LogP contribution in [0.5, 0.6) is 5.75 Å². The van der Waals surface area contributed by atoms with Crippen LogP contribution < -0.4 is 4.74 Å². The first kappa shape index (κ1) is 18.5. The van der Waals surface area contributed by atoms with E-state index in [9.17, 15) is 8.78 Å². The number of aliphatic imine (C=N–C) groups is 1. The second-order valence-corrected chi connectivity index (χ2v) is 7.85. The second-order valence-electron chi connectivity index (χ2n) is 7.85. The molecule has 1 aliphatic heterocycles. The lowest BCUT2D eigenvalue weighted by Gasteiger charge is -2.37. The molecule has 5 heteroatoms. The zero-order chi connectivity index (χ0) is 20.1. The third kappa shape index (κ3) is 2.86. The van der Waals surface area contributed by atoms with Gasteiger partial charge < -0.3 is 4.74 Å². The fraction of sp³-hybridized carbons (Fsp3) is 0.304. The molecule has 2 aromatic carbocycles. The molecule has 0 bridgehead atoms. The zero-order valence-electron chi connectivity index (χ0n) is 16.3. The molecule has 0 radical (unpaired) electrons. The van der Waals surface area contributed by atoms with Gasteiger partial charge >= 0.3 is 0 Å². The van der Waals surface area contributed by atoms with E-state index in [1.807, 2.05) is 38.1 Å². The monoisotopic (exact) mass is 380 g/mol. The lowest BCUT2D eigenvalue weighted by atomic mass is 9.81. The molecule has 144 valence electrons. The number of rotatable bonds is 3. The number of nitrogens with zero attached hydrogens (tertiary/aromatic N) is 2. The molecule has 0 spiro atoms. The Labute approximate surface area is 163 Å². The van der Waals surface area contributed by atoms with E-state index in [1.54, 1.807) is 24.4 Å². The molecule has 0 saturated carbocycles. The quantitative estimate of drug-likeness (QED) is 0.580. The van der Waals surface area contributed by atoms with Gasteiger partial charge in [0.25, 0.3) is 5.92 Å². The highest BCUT2D eigenvalue weighted by Gasteiger charge is 2.52. The van der Waals surface area contributed by atoms with Crippen LogP contribution in [0.15, 0.2) is 59.7 Å². The van der Waals surface area contributed by atoms with Crippen LogP contribution in [0.2, 0.25) is 0 Å².